The van der Waals surface area contributed by atoms with Gasteiger partial charge in [-0.1, -0.05) is 0 Å². The van der Waals surface area contributed by atoms with Gasteiger partial charge in [0.25, 0.3) is 5.69 Å². The smallest absolute Gasteiger partial charge is 0.269 e. The summed E-state index contributed by atoms with van der Waals surface area (Å²) < 4.78 is 0. The average molecular weight is 249 g/mol. The molecular formula is C12H15N3O3. The van der Waals surface area contributed by atoms with Crippen molar-refractivity contribution in [1.29, 1.82) is 0 Å². The first kappa shape index (κ1) is 12.5. The summed E-state index contributed by atoms with van der Waals surface area (Å²) in [4.78, 5) is 23.8. The van der Waals surface area contributed by atoms with Gasteiger partial charge in [-0.15, -0.1) is 0 Å². The van der Waals surface area contributed by atoms with Crippen LogP contribution in [0, 0.1) is 10.1 Å². The van der Waals surface area contributed by atoms with Gasteiger partial charge in [-0.25, -0.2) is 0 Å². The molecule has 0 atom stereocenters. The Morgan fingerprint density at radius 2 is 2.28 bits per heavy atom. The molecule has 6 nitrogen and oxygen atoms in total. The summed E-state index contributed by atoms with van der Waals surface area (Å²) in [6.07, 6.45) is 1.12. The fourth-order valence-corrected chi connectivity index (χ4v) is 2.14. The lowest BCUT2D eigenvalue weighted by molar-refractivity contribution is -0.384. The molecule has 1 aliphatic rings. The second kappa shape index (κ2) is 5.14. The van der Waals surface area contributed by atoms with Crippen LogP contribution < -0.4 is 10.2 Å². The Bertz CT molecular complexity index is 487. The Morgan fingerprint density at radius 1 is 1.50 bits per heavy atom. The summed E-state index contributed by atoms with van der Waals surface area (Å²) in [5.74, 6) is 0.0154. The summed E-state index contributed by atoms with van der Waals surface area (Å²) >= 11 is 0. The molecule has 1 amide bonds. The lowest BCUT2D eigenvalue weighted by Gasteiger charge is -2.17. The van der Waals surface area contributed by atoms with Gasteiger partial charge in [0.15, 0.2) is 0 Å². The zero-order chi connectivity index (χ0) is 13.1. The molecule has 0 aromatic heterocycles. The molecule has 0 bridgehead atoms. The van der Waals surface area contributed by atoms with E-state index in [2.05, 4.69) is 5.32 Å². The van der Waals surface area contributed by atoms with Gasteiger partial charge in [0.1, 0.15) is 0 Å². The fourth-order valence-electron chi connectivity index (χ4n) is 2.14. The number of hydrogen-bond donors (Lipinski definition) is 1. The molecule has 96 valence electrons. The first-order chi connectivity index (χ1) is 8.63. The quantitative estimate of drug-likeness (QED) is 0.481. The number of carbonyl (C=O) groups excluding carboxylic acids is 1. The van der Waals surface area contributed by atoms with Crippen LogP contribution in [0.3, 0.4) is 0 Å². The number of hydrogen-bond acceptors (Lipinski definition) is 4. The van der Waals surface area contributed by atoms with Crippen LogP contribution in [-0.2, 0) is 11.2 Å². The van der Waals surface area contributed by atoms with E-state index in [-0.39, 0.29) is 18.0 Å². The van der Waals surface area contributed by atoms with Crippen molar-refractivity contribution in [2.45, 2.75) is 12.8 Å². The minimum atomic E-state index is -0.436. The van der Waals surface area contributed by atoms with E-state index in [0.29, 0.717) is 6.54 Å². The van der Waals surface area contributed by atoms with E-state index in [1.165, 1.54) is 12.1 Å². The van der Waals surface area contributed by atoms with Gasteiger partial charge in [0.2, 0.25) is 5.91 Å². The Balaban J connectivity index is 2.18. The molecule has 18 heavy (non-hydrogen) atoms. The highest BCUT2D eigenvalue weighted by Gasteiger charge is 2.28. The van der Waals surface area contributed by atoms with Gasteiger partial charge >= 0.3 is 0 Å². The Hall–Kier alpha value is -1.95. The molecule has 0 aliphatic carbocycles. The van der Waals surface area contributed by atoms with Crippen LogP contribution in [0.2, 0.25) is 0 Å². The van der Waals surface area contributed by atoms with Crippen molar-refractivity contribution in [3.05, 3.63) is 33.9 Å². The number of anilines is 1. The first-order valence-corrected chi connectivity index (χ1v) is 5.86. The zero-order valence-corrected chi connectivity index (χ0v) is 10.2. The van der Waals surface area contributed by atoms with Crippen LogP contribution in [-0.4, -0.2) is 31.0 Å². The monoisotopic (exact) mass is 249 g/mol. The molecule has 2 rings (SSSR count). The number of rotatable bonds is 5. The van der Waals surface area contributed by atoms with E-state index in [1.54, 1.807) is 11.0 Å². The van der Waals surface area contributed by atoms with E-state index in [1.807, 2.05) is 7.05 Å². The number of benzene rings is 1. The van der Waals surface area contributed by atoms with Crippen LogP contribution in [0.4, 0.5) is 11.4 Å². The number of nitro benzene ring substituents is 1. The van der Waals surface area contributed by atoms with E-state index in [9.17, 15) is 14.9 Å². The predicted octanol–water partition coefficient (Wildman–Crippen LogP) is 1.09. The average Bonchev–Trinajstić information content (AvgIpc) is 2.65. The third-order valence-electron chi connectivity index (χ3n) is 3.02. The molecule has 1 heterocycles. The molecule has 1 aromatic carbocycles. The van der Waals surface area contributed by atoms with Crippen molar-refractivity contribution < 1.29 is 9.72 Å². The molecule has 6 heteroatoms. The first-order valence-electron chi connectivity index (χ1n) is 5.86. The van der Waals surface area contributed by atoms with E-state index < -0.39 is 4.92 Å². The van der Waals surface area contributed by atoms with Crippen LogP contribution in [0.5, 0.6) is 0 Å². The lowest BCUT2D eigenvalue weighted by Crippen LogP contribution is -2.29. The number of nitrogens with one attached hydrogen (secondary N) is 1. The summed E-state index contributed by atoms with van der Waals surface area (Å²) in [7, 11) is 1.86. The molecule has 0 saturated carbocycles. The summed E-state index contributed by atoms with van der Waals surface area (Å²) in [6.45, 7) is 1.48. The van der Waals surface area contributed by atoms with Crippen molar-refractivity contribution >= 4 is 17.3 Å². The van der Waals surface area contributed by atoms with E-state index in [4.69, 9.17) is 0 Å². The molecule has 1 aliphatic heterocycles. The Labute approximate surface area is 105 Å². The van der Waals surface area contributed by atoms with Crippen LogP contribution in [0.15, 0.2) is 18.2 Å². The van der Waals surface area contributed by atoms with Crippen LogP contribution >= 0.6 is 0 Å². The van der Waals surface area contributed by atoms with Gasteiger partial charge in [-0.2, -0.15) is 0 Å². The third-order valence-corrected chi connectivity index (χ3v) is 3.02. The van der Waals surface area contributed by atoms with Crippen molar-refractivity contribution in [3.63, 3.8) is 0 Å². The second-order valence-electron chi connectivity index (χ2n) is 4.25. The predicted molar refractivity (Wildman–Crippen MR) is 67.7 cm³/mol. The SMILES string of the molecule is CNCCCN1C(=O)Cc2cc([N+](=O)[O-])ccc21. The van der Waals surface area contributed by atoms with Gasteiger partial charge in [-0.3, -0.25) is 14.9 Å². The number of carbonyl (C=O) groups is 1. The molecule has 1 N–H and O–H groups in total. The third kappa shape index (κ3) is 2.33. The number of nitro groups is 1. The van der Waals surface area contributed by atoms with Gasteiger partial charge in [0.05, 0.1) is 11.3 Å². The standard InChI is InChI=1S/C12H15N3O3/c1-13-5-2-6-14-11-4-3-10(15(17)18)7-9(11)8-12(14)16/h3-4,7,13H,2,5-6,8H2,1H3. The highest BCUT2D eigenvalue weighted by atomic mass is 16.6. The summed E-state index contributed by atoms with van der Waals surface area (Å²) in [5.41, 5.74) is 1.60. The number of non-ortho nitro benzene ring substituents is 1. The van der Waals surface area contributed by atoms with Crippen molar-refractivity contribution in [2.24, 2.45) is 0 Å². The van der Waals surface area contributed by atoms with Crippen LogP contribution in [0.25, 0.3) is 0 Å². The summed E-state index contributed by atoms with van der Waals surface area (Å²) in [6, 6.07) is 4.60. The van der Waals surface area contributed by atoms with Crippen molar-refractivity contribution in [3.8, 4) is 0 Å². The maximum atomic E-state index is 11.8. The maximum absolute atomic E-state index is 11.8. The minimum absolute atomic E-state index is 0.0154. The molecule has 0 radical (unpaired) electrons. The largest absolute Gasteiger partial charge is 0.320 e. The number of amides is 1. The van der Waals surface area contributed by atoms with Crippen LogP contribution in [0.1, 0.15) is 12.0 Å². The van der Waals surface area contributed by atoms with Gasteiger partial charge in [-0.05, 0) is 31.6 Å². The topological polar surface area (TPSA) is 75.5 Å². The van der Waals surface area contributed by atoms with Gasteiger partial charge in [0, 0.05) is 24.4 Å². The highest BCUT2D eigenvalue weighted by molar-refractivity contribution is 6.01. The lowest BCUT2D eigenvalue weighted by atomic mass is 10.1. The Morgan fingerprint density at radius 3 is 2.94 bits per heavy atom. The maximum Gasteiger partial charge on any atom is 0.269 e. The van der Waals surface area contributed by atoms with Crippen molar-refractivity contribution in [2.75, 3.05) is 25.0 Å². The molecule has 0 saturated heterocycles. The van der Waals surface area contributed by atoms with Crippen molar-refractivity contribution in [1.82, 2.24) is 5.32 Å². The molecule has 0 fully saturated rings. The number of fused-ring (bicyclic) bond motifs is 1. The summed E-state index contributed by atoms with van der Waals surface area (Å²) in [5, 5.41) is 13.7. The second-order valence-corrected chi connectivity index (χ2v) is 4.25. The normalized spacial score (nSPS) is 13.8. The molecular weight excluding hydrogens is 234 g/mol. The zero-order valence-electron chi connectivity index (χ0n) is 10.2. The Kier molecular flexibility index (Phi) is 3.57. The molecule has 0 unspecified atom stereocenters. The fraction of sp³-hybridized carbons (Fsp3) is 0.417. The van der Waals surface area contributed by atoms with E-state index >= 15 is 0 Å². The molecule has 0 spiro atoms. The molecule has 1 aromatic rings. The highest BCUT2D eigenvalue weighted by Crippen LogP contribution is 2.31. The van der Waals surface area contributed by atoms with E-state index in [0.717, 1.165) is 24.2 Å². The number of nitrogens with zero attached hydrogens (tertiary/aromatic N) is 2. The van der Waals surface area contributed by atoms with Gasteiger partial charge < -0.3 is 10.2 Å². The minimum Gasteiger partial charge on any atom is -0.320 e.